The molecule has 1 atom stereocenters. The predicted molar refractivity (Wildman–Crippen MR) is 104 cm³/mol. The van der Waals surface area contributed by atoms with Crippen molar-refractivity contribution in [3.63, 3.8) is 0 Å². The van der Waals surface area contributed by atoms with Gasteiger partial charge in [0.15, 0.2) is 0 Å². The molecule has 2 aliphatic heterocycles. The maximum atomic E-state index is 12.3. The summed E-state index contributed by atoms with van der Waals surface area (Å²) in [4.78, 5) is 14.8. The lowest BCUT2D eigenvalue weighted by molar-refractivity contribution is 0.578. The van der Waals surface area contributed by atoms with Crippen molar-refractivity contribution in [3.8, 4) is 0 Å². The second kappa shape index (κ2) is 6.39. The van der Waals surface area contributed by atoms with Gasteiger partial charge in [0.2, 0.25) is 0 Å². The summed E-state index contributed by atoms with van der Waals surface area (Å²) < 4.78 is 3.52. The van der Waals surface area contributed by atoms with E-state index in [4.69, 9.17) is 0 Å². The van der Waals surface area contributed by atoms with Gasteiger partial charge in [0.1, 0.15) is 0 Å². The molecule has 2 saturated heterocycles. The number of aromatic nitrogens is 2. The Labute approximate surface area is 147 Å². The van der Waals surface area contributed by atoms with Gasteiger partial charge in [-0.25, -0.2) is 4.79 Å². The van der Waals surface area contributed by atoms with Gasteiger partial charge in [-0.05, 0) is 43.6 Å². The summed E-state index contributed by atoms with van der Waals surface area (Å²) in [5, 5.41) is 3.77. The van der Waals surface area contributed by atoms with Crippen molar-refractivity contribution < 1.29 is 0 Å². The second-order valence-corrected chi connectivity index (χ2v) is 8.16. The zero-order valence-electron chi connectivity index (χ0n) is 14.5. The Hall–Kier alpha value is -1.56. The largest absolute Gasteiger partial charge is 0.380 e. The first-order chi connectivity index (χ1) is 11.6. The van der Waals surface area contributed by atoms with Crippen molar-refractivity contribution in [1.29, 1.82) is 0 Å². The predicted octanol–water partition coefficient (Wildman–Crippen LogP) is 2.78. The molecule has 3 heterocycles. The molecular formula is C18H26N4OS. The van der Waals surface area contributed by atoms with E-state index in [9.17, 15) is 4.79 Å². The molecule has 4 rings (SSSR count). The first-order valence-electron chi connectivity index (χ1n) is 8.94. The van der Waals surface area contributed by atoms with Crippen LogP contribution in [0.15, 0.2) is 16.9 Å². The van der Waals surface area contributed by atoms with E-state index in [-0.39, 0.29) is 5.69 Å². The average molecular weight is 347 g/mol. The van der Waals surface area contributed by atoms with Crippen molar-refractivity contribution in [3.05, 3.63) is 22.6 Å². The number of imidazole rings is 1. The molecule has 1 aromatic carbocycles. The number of hydrogen-bond acceptors (Lipinski definition) is 4. The number of nitrogens with zero attached hydrogens (tertiary/aromatic N) is 3. The number of fused-ring (bicyclic) bond motifs is 1. The van der Waals surface area contributed by atoms with Crippen LogP contribution >= 0.6 is 11.8 Å². The first kappa shape index (κ1) is 15.9. The van der Waals surface area contributed by atoms with Gasteiger partial charge in [-0.3, -0.25) is 9.13 Å². The Morgan fingerprint density at radius 1 is 1.08 bits per heavy atom. The molecule has 5 nitrogen and oxygen atoms in total. The van der Waals surface area contributed by atoms with Gasteiger partial charge in [0.05, 0.1) is 22.4 Å². The Balaban J connectivity index is 1.82. The monoisotopic (exact) mass is 346 g/mol. The fraction of sp³-hybridized carbons (Fsp3) is 0.611. The standard InChI is InChI=1S/C18H26N4OS/c1-20-16-10-14(19-13-6-9-24-12-13)15(22-7-4-3-5-8-22)11-17(16)21(2)18(20)23/h10-11,13,19H,3-9,12H2,1-2H3. The van der Waals surface area contributed by atoms with Gasteiger partial charge in [-0.2, -0.15) is 11.8 Å². The van der Waals surface area contributed by atoms with Crippen LogP contribution in [0, 0.1) is 0 Å². The third kappa shape index (κ3) is 2.70. The van der Waals surface area contributed by atoms with Crippen LogP contribution in [0.3, 0.4) is 0 Å². The minimum Gasteiger partial charge on any atom is -0.380 e. The molecule has 6 heteroatoms. The molecule has 24 heavy (non-hydrogen) atoms. The molecule has 0 radical (unpaired) electrons. The Bertz CT molecular complexity index is 797. The molecule has 2 aromatic rings. The SMILES string of the molecule is Cn1c(=O)n(C)c2cc(N3CCCCC3)c(NC3CCSC3)cc21. The van der Waals surface area contributed by atoms with E-state index in [1.165, 1.54) is 48.6 Å². The zero-order chi connectivity index (χ0) is 16.7. The number of thioether (sulfide) groups is 1. The van der Waals surface area contributed by atoms with E-state index in [0.717, 1.165) is 24.1 Å². The topological polar surface area (TPSA) is 42.2 Å². The van der Waals surface area contributed by atoms with Crippen LogP contribution in [0.1, 0.15) is 25.7 Å². The number of benzene rings is 1. The fourth-order valence-corrected chi connectivity index (χ4v) is 5.07. The highest BCUT2D eigenvalue weighted by Crippen LogP contribution is 2.34. The molecule has 0 bridgehead atoms. The van der Waals surface area contributed by atoms with Crippen LogP contribution in [0.4, 0.5) is 11.4 Å². The van der Waals surface area contributed by atoms with E-state index >= 15 is 0 Å². The van der Waals surface area contributed by atoms with Crippen molar-refractivity contribution in [2.24, 2.45) is 14.1 Å². The van der Waals surface area contributed by atoms with Crippen molar-refractivity contribution in [2.75, 3.05) is 34.8 Å². The molecule has 0 spiro atoms. The van der Waals surface area contributed by atoms with Crippen LogP contribution in [0.5, 0.6) is 0 Å². The van der Waals surface area contributed by atoms with E-state index in [0.29, 0.717) is 6.04 Å². The molecule has 130 valence electrons. The Kier molecular flexibility index (Phi) is 4.24. The lowest BCUT2D eigenvalue weighted by atomic mass is 10.1. The lowest BCUT2D eigenvalue weighted by Crippen LogP contribution is -2.31. The van der Waals surface area contributed by atoms with Crippen LogP contribution < -0.4 is 15.9 Å². The molecule has 1 N–H and O–H groups in total. The highest BCUT2D eigenvalue weighted by atomic mass is 32.2. The minimum absolute atomic E-state index is 0.0446. The molecule has 2 aliphatic rings. The van der Waals surface area contributed by atoms with Gasteiger partial charge in [0, 0.05) is 39.0 Å². The van der Waals surface area contributed by atoms with Crippen LogP contribution in [0.25, 0.3) is 11.0 Å². The third-order valence-electron chi connectivity index (χ3n) is 5.38. The highest BCUT2D eigenvalue weighted by molar-refractivity contribution is 7.99. The zero-order valence-corrected chi connectivity index (χ0v) is 15.4. The van der Waals surface area contributed by atoms with Gasteiger partial charge >= 0.3 is 5.69 Å². The van der Waals surface area contributed by atoms with E-state index in [1.807, 2.05) is 25.9 Å². The summed E-state index contributed by atoms with van der Waals surface area (Å²) in [5.74, 6) is 2.41. The number of piperidine rings is 1. The molecule has 0 amide bonds. The summed E-state index contributed by atoms with van der Waals surface area (Å²) in [5.41, 5.74) is 4.53. The van der Waals surface area contributed by atoms with Crippen LogP contribution in [0.2, 0.25) is 0 Å². The number of hydrogen-bond donors (Lipinski definition) is 1. The first-order valence-corrected chi connectivity index (χ1v) is 10.1. The van der Waals surface area contributed by atoms with E-state index < -0.39 is 0 Å². The third-order valence-corrected chi connectivity index (χ3v) is 6.54. The van der Waals surface area contributed by atoms with Gasteiger partial charge in [-0.1, -0.05) is 0 Å². The molecule has 1 unspecified atom stereocenters. The molecule has 2 fully saturated rings. The van der Waals surface area contributed by atoms with Gasteiger partial charge in [-0.15, -0.1) is 0 Å². The van der Waals surface area contributed by atoms with Crippen molar-refractivity contribution >= 4 is 34.2 Å². The molecular weight excluding hydrogens is 320 g/mol. The molecule has 0 aliphatic carbocycles. The molecule has 0 saturated carbocycles. The number of aryl methyl sites for hydroxylation is 2. The fourth-order valence-electron chi connectivity index (χ4n) is 3.91. The van der Waals surface area contributed by atoms with E-state index in [1.54, 1.807) is 9.13 Å². The maximum Gasteiger partial charge on any atom is 0.328 e. The highest BCUT2D eigenvalue weighted by Gasteiger charge is 2.22. The summed E-state index contributed by atoms with van der Waals surface area (Å²) in [6.07, 6.45) is 5.05. The van der Waals surface area contributed by atoms with Crippen molar-refractivity contribution in [2.45, 2.75) is 31.7 Å². The van der Waals surface area contributed by atoms with Gasteiger partial charge < -0.3 is 10.2 Å². The smallest absolute Gasteiger partial charge is 0.328 e. The summed E-state index contributed by atoms with van der Waals surface area (Å²) in [6.45, 7) is 2.22. The summed E-state index contributed by atoms with van der Waals surface area (Å²) in [6, 6.07) is 4.94. The van der Waals surface area contributed by atoms with Crippen molar-refractivity contribution in [1.82, 2.24) is 9.13 Å². The summed E-state index contributed by atoms with van der Waals surface area (Å²) >= 11 is 2.02. The van der Waals surface area contributed by atoms with Crippen LogP contribution in [-0.4, -0.2) is 39.8 Å². The Morgan fingerprint density at radius 3 is 2.46 bits per heavy atom. The average Bonchev–Trinajstić information content (AvgIpc) is 3.19. The molecule has 1 aromatic heterocycles. The minimum atomic E-state index is 0.0446. The number of rotatable bonds is 3. The Morgan fingerprint density at radius 2 is 1.79 bits per heavy atom. The normalized spacial score (nSPS) is 21.6. The second-order valence-electron chi connectivity index (χ2n) is 7.01. The number of nitrogens with one attached hydrogen (secondary N) is 1. The van der Waals surface area contributed by atoms with Gasteiger partial charge in [0.25, 0.3) is 0 Å². The quantitative estimate of drug-likeness (QED) is 0.928. The van der Waals surface area contributed by atoms with E-state index in [2.05, 4.69) is 22.3 Å². The lowest BCUT2D eigenvalue weighted by Gasteiger charge is -2.31. The maximum absolute atomic E-state index is 12.3. The summed E-state index contributed by atoms with van der Waals surface area (Å²) in [7, 11) is 3.73. The van der Waals surface area contributed by atoms with Crippen LogP contribution in [-0.2, 0) is 14.1 Å². The number of anilines is 2.